The minimum atomic E-state index is 0.307. The van der Waals surface area contributed by atoms with Crippen LogP contribution in [-0.4, -0.2) is 0 Å². The average Bonchev–Trinajstić information content (AvgIpc) is 2.86. The van der Waals surface area contributed by atoms with E-state index in [-0.39, 0.29) is 0 Å². The summed E-state index contributed by atoms with van der Waals surface area (Å²) in [5.74, 6) is 0.650. The third-order valence-corrected chi connectivity index (χ3v) is 8.22. The van der Waals surface area contributed by atoms with Gasteiger partial charge >= 0.3 is 0 Å². The fourth-order valence-corrected chi connectivity index (χ4v) is 6.12. The molecule has 0 amide bonds. The van der Waals surface area contributed by atoms with Gasteiger partial charge in [0.15, 0.2) is 0 Å². The third kappa shape index (κ3) is 6.32. The van der Waals surface area contributed by atoms with Crippen molar-refractivity contribution in [2.75, 3.05) is 0 Å². The standard InChI is InChI=1S/C32H42.C2H6/c1-5-8-26-14-16-27(17-15-26)9-6-7-10-31-30-20-13-25(3)23-28(30)21-22-32(31,4)29-18-11-24(2)12-19-29;1-2/h11,13-18,20,23,31H,5-10,12,19,21-22H2,1-4H3;1-2H3. The maximum Gasteiger partial charge on any atom is -0.00413 e. The van der Waals surface area contributed by atoms with Crippen molar-refractivity contribution in [3.63, 3.8) is 0 Å². The number of aryl methyl sites for hydroxylation is 4. The first-order valence-electron chi connectivity index (χ1n) is 14.0. The van der Waals surface area contributed by atoms with E-state index in [0.29, 0.717) is 11.3 Å². The second-order valence-corrected chi connectivity index (χ2v) is 10.7. The van der Waals surface area contributed by atoms with E-state index < -0.39 is 0 Å². The molecule has 34 heavy (non-hydrogen) atoms. The van der Waals surface area contributed by atoms with Gasteiger partial charge in [0.1, 0.15) is 0 Å². The fourth-order valence-electron chi connectivity index (χ4n) is 6.12. The van der Waals surface area contributed by atoms with Crippen LogP contribution in [0.3, 0.4) is 0 Å². The SMILES string of the molecule is CC.CCCc1ccc(CCCCC2c3ccc(C)cc3CCC2(C)C2=CC=C(C)CC2)cc1. The summed E-state index contributed by atoms with van der Waals surface area (Å²) < 4.78 is 0. The summed E-state index contributed by atoms with van der Waals surface area (Å²) in [6.45, 7) is 13.4. The van der Waals surface area contributed by atoms with Crippen molar-refractivity contribution in [1.29, 1.82) is 0 Å². The van der Waals surface area contributed by atoms with E-state index >= 15 is 0 Å². The van der Waals surface area contributed by atoms with E-state index in [2.05, 4.69) is 82.3 Å². The van der Waals surface area contributed by atoms with Crippen LogP contribution in [0, 0.1) is 12.3 Å². The molecular formula is C34H48. The van der Waals surface area contributed by atoms with Crippen LogP contribution in [0.4, 0.5) is 0 Å². The lowest BCUT2D eigenvalue weighted by molar-refractivity contribution is 0.245. The molecule has 2 unspecified atom stereocenters. The molecule has 2 aliphatic carbocycles. The molecule has 0 nitrogen and oxygen atoms in total. The first-order chi connectivity index (χ1) is 16.5. The highest BCUT2D eigenvalue weighted by Gasteiger charge is 2.41. The van der Waals surface area contributed by atoms with Crippen molar-refractivity contribution in [3.05, 3.63) is 93.6 Å². The van der Waals surface area contributed by atoms with Gasteiger partial charge in [0.25, 0.3) is 0 Å². The normalized spacial score (nSPS) is 21.6. The van der Waals surface area contributed by atoms with E-state index in [1.54, 1.807) is 16.7 Å². The van der Waals surface area contributed by atoms with Gasteiger partial charge < -0.3 is 0 Å². The first kappa shape index (κ1) is 26.5. The molecule has 0 fully saturated rings. The van der Waals surface area contributed by atoms with Gasteiger partial charge in [-0.1, -0.05) is 112 Å². The van der Waals surface area contributed by atoms with Crippen molar-refractivity contribution in [1.82, 2.24) is 0 Å². The Morgan fingerprint density at radius 2 is 1.53 bits per heavy atom. The topological polar surface area (TPSA) is 0 Å². The molecule has 2 aliphatic rings. The average molecular weight is 457 g/mol. The van der Waals surface area contributed by atoms with Crippen LogP contribution in [0.1, 0.15) is 113 Å². The summed E-state index contributed by atoms with van der Waals surface area (Å²) >= 11 is 0. The lowest BCUT2D eigenvalue weighted by atomic mass is 9.58. The summed E-state index contributed by atoms with van der Waals surface area (Å²) in [6.07, 6.45) is 17.4. The Morgan fingerprint density at radius 1 is 0.824 bits per heavy atom. The quantitative estimate of drug-likeness (QED) is 0.347. The van der Waals surface area contributed by atoms with Crippen LogP contribution in [-0.2, 0) is 19.3 Å². The van der Waals surface area contributed by atoms with Crippen LogP contribution < -0.4 is 0 Å². The summed E-state index contributed by atoms with van der Waals surface area (Å²) in [5, 5.41) is 0. The summed E-state index contributed by atoms with van der Waals surface area (Å²) in [5.41, 5.74) is 11.2. The predicted molar refractivity (Wildman–Crippen MR) is 151 cm³/mol. The molecule has 0 aliphatic heterocycles. The highest BCUT2D eigenvalue weighted by atomic mass is 14.5. The van der Waals surface area contributed by atoms with Crippen LogP contribution >= 0.6 is 0 Å². The minimum Gasteiger partial charge on any atom is -0.0730 e. The van der Waals surface area contributed by atoms with Crippen LogP contribution in [0.25, 0.3) is 0 Å². The van der Waals surface area contributed by atoms with Crippen LogP contribution in [0.2, 0.25) is 0 Å². The number of hydrogen-bond acceptors (Lipinski definition) is 0. The fraction of sp³-hybridized carbons (Fsp3) is 0.529. The van der Waals surface area contributed by atoms with Gasteiger partial charge in [-0.25, -0.2) is 0 Å². The molecule has 0 heteroatoms. The lowest BCUT2D eigenvalue weighted by Gasteiger charge is -2.46. The molecule has 184 valence electrons. The Bertz CT molecular complexity index is 972. The lowest BCUT2D eigenvalue weighted by Crippen LogP contribution is -2.33. The zero-order valence-corrected chi connectivity index (χ0v) is 22.8. The summed E-state index contributed by atoms with van der Waals surface area (Å²) in [6, 6.07) is 16.6. The van der Waals surface area contributed by atoms with Crippen molar-refractivity contribution < 1.29 is 0 Å². The zero-order chi connectivity index (χ0) is 24.6. The van der Waals surface area contributed by atoms with Crippen molar-refractivity contribution in [3.8, 4) is 0 Å². The molecule has 0 N–H and O–H groups in total. The maximum atomic E-state index is 2.58. The molecular weight excluding hydrogens is 408 g/mol. The Hall–Kier alpha value is -2.08. The molecule has 4 rings (SSSR count). The van der Waals surface area contributed by atoms with Crippen molar-refractivity contribution in [2.45, 2.75) is 112 Å². The van der Waals surface area contributed by atoms with Crippen molar-refractivity contribution in [2.24, 2.45) is 5.41 Å². The summed E-state index contributed by atoms with van der Waals surface area (Å²) in [7, 11) is 0. The Morgan fingerprint density at radius 3 is 2.18 bits per heavy atom. The smallest absolute Gasteiger partial charge is 0.00413 e. The number of unbranched alkanes of at least 4 members (excludes halogenated alkanes) is 1. The van der Waals surface area contributed by atoms with Crippen molar-refractivity contribution >= 4 is 0 Å². The van der Waals surface area contributed by atoms with Crippen LogP contribution in [0.5, 0.6) is 0 Å². The van der Waals surface area contributed by atoms with Gasteiger partial charge in [-0.05, 0) is 98.8 Å². The number of rotatable bonds is 8. The molecule has 0 spiro atoms. The predicted octanol–water partition coefficient (Wildman–Crippen LogP) is 10.1. The molecule has 2 aromatic rings. The molecule has 0 aromatic heterocycles. The Labute approximate surface area is 210 Å². The second kappa shape index (κ2) is 12.6. The Kier molecular flexibility index (Phi) is 9.81. The largest absolute Gasteiger partial charge is 0.0730 e. The van der Waals surface area contributed by atoms with Gasteiger partial charge in [0, 0.05) is 0 Å². The molecule has 2 aromatic carbocycles. The number of fused-ring (bicyclic) bond motifs is 1. The van der Waals surface area contributed by atoms with Gasteiger partial charge in [-0.15, -0.1) is 0 Å². The van der Waals surface area contributed by atoms with E-state index in [1.165, 1.54) is 86.5 Å². The van der Waals surface area contributed by atoms with Gasteiger partial charge in [-0.2, -0.15) is 0 Å². The van der Waals surface area contributed by atoms with Gasteiger partial charge in [0.2, 0.25) is 0 Å². The Balaban J connectivity index is 0.00000158. The van der Waals surface area contributed by atoms with Crippen LogP contribution in [0.15, 0.2) is 65.8 Å². The van der Waals surface area contributed by atoms with E-state index in [1.807, 2.05) is 13.8 Å². The number of allylic oxidation sites excluding steroid dienone is 4. The first-order valence-corrected chi connectivity index (χ1v) is 14.0. The van der Waals surface area contributed by atoms with Gasteiger partial charge in [0.05, 0.1) is 0 Å². The molecule has 0 saturated carbocycles. The molecule has 0 radical (unpaired) electrons. The monoisotopic (exact) mass is 456 g/mol. The molecule has 0 heterocycles. The second-order valence-electron chi connectivity index (χ2n) is 10.7. The molecule has 0 saturated heterocycles. The maximum absolute atomic E-state index is 2.58. The van der Waals surface area contributed by atoms with E-state index in [4.69, 9.17) is 0 Å². The molecule has 2 atom stereocenters. The number of benzene rings is 2. The minimum absolute atomic E-state index is 0.307. The third-order valence-electron chi connectivity index (χ3n) is 8.22. The highest BCUT2D eigenvalue weighted by Crippen LogP contribution is 2.54. The zero-order valence-electron chi connectivity index (χ0n) is 22.8. The summed E-state index contributed by atoms with van der Waals surface area (Å²) in [4.78, 5) is 0. The highest BCUT2D eigenvalue weighted by molar-refractivity contribution is 5.42. The van der Waals surface area contributed by atoms with Gasteiger partial charge in [-0.3, -0.25) is 0 Å². The van der Waals surface area contributed by atoms with E-state index in [0.717, 1.165) is 0 Å². The van der Waals surface area contributed by atoms with E-state index in [9.17, 15) is 0 Å². The molecule has 0 bridgehead atoms. The number of hydrogen-bond donors (Lipinski definition) is 0.